The van der Waals surface area contributed by atoms with Crippen molar-refractivity contribution in [2.24, 2.45) is 0 Å². The van der Waals surface area contributed by atoms with Crippen LogP contribution in [0.3, 0.4) is 0 Å². The van der Waals surface area contributed by atoms with Crippen LogP contribution >= 0.6 is 11.6 Å². The number of hydrogen-bond donors (Lipinski definition) is 2. The van der Waals surface area contributed by atoms with E-state index in [1.165, 1.54) is 0 Å². The van der Waals surface area contributed by atoms with E-state index in [0.29, 0.717) is 5.82 Å². The van der Waals surface area contributed by atoms with Gasteiger partial charge in [-0.3, -0.25) is 5.10 Å². The van der Waals surface area contributed by atoms with Crippen molar-refractivity contribution in [3.8, 4) is 11.3 Å². The fourth-order valence-corrected chi connectivity index (χ4v) is 2.52. The number of nitrogens with two attached hydrogens (primary N) is 1. The molecule has 0 aliphatic carbocycles. The van der Waals surface area contributed by atoms with E-state index in [9.17, 15) is 0 Å². The number of rotatable bonds is 2. The summed E-state index contributed by atoms with van der Waals surface area (Å²) >= 11 is 6.37. The molecule has 0 bridgehead atoms. The number of halogens is 1. The van der Waals surface area contributed by atoms with E-state index in [1.807, 2.05) is 18.2 Å². The van der Waals surface area contributed by atoms with Gasteiger partial charge >= 0.3 is 0 Å². The number of nitrogens with one attached hydrogen (secondary N) is 1. The van der Waals surface area contributed by atoms with Crippen LogP contribution in [0.1, 0.15) is 0 Å². The summed E-state index contributed by atoms with van der Waals surface area (Å²) in [6.07, 6.45) is 0. The molecule has 2 aromatic rings. The van der Waals surface area contributed by atoms with Gasteiger partial charge in [0.2, 0.25) is 0 Å². The Kier molecular flexibility index (Phi) is 3.31. The maximum Gasteiger partial charge on any atom is 0.145 e. The Morgan fingerprint density at radius 3 is 2.68 bits per heavy atom. The number of ether oxygens (including phenoxy) is 1. The van der Waals surface area contributed by atoms with Crippen molar-refractivity contribution in [2.75, 3.05) is 36.9 Å². The minimum Gasteiger partial charge on any atom is -0.382 e. The zero-order chi connectivity index (χ0) is 13.2. The molecule has 3 rings (SSSR count). The third-order valence-corrected chi connectivity index (χ3v) is 3.51. The Morgan fingerprint density at radius 2 is 2.05 bits per heavy atom. The number of nitrogens with zero attached hydrogens (tertiary/aromatic N) is 2. The Bertz CT molecular complexity index is 578. The molecule has 0 radical (unpaired) electrons. The van der Waals surface area contributed by atoms with Crippen LogP contribution < -0.4 is 10.6 Å². The molecule has 0 saturated carbocycles. The van der Waals surface area contributed by atoms with Crippen LogP contribution in [0, 0.1) is 0 Å². The summed E-state index contributed by atoms with van der Waals surface area (Å²) in [5.41, 5.74) is 8.49. The van der Waals surface area contributed by atoms with Crippen molar-refractivity contribution in [1.82, 2.24) is 10.2 Å². The molecule has 19 heavy (non-hydrogen) atoms. The quantitative estimate of drug-likeness (QED) is 0.883. The second-order valence-corrected chi connectivity index (χ2v) is 4.88. The molecule has 3 N–H and O–H groups in total. The molecule has 1 aromatic carbocycles. The molecular weight excluding hydrogens is 264 g/mol. The average molecular weight is 279 g/mol. The normalized spacial score (nSPS) is 15.7. The summed E-state index contributed by atoms with van der Waals surface area (Å²) in [5.74, 6) is 0.475. The highest BCUT2D eigenvalue weighted by Crippen LogP contribution is 2.31. The number of anilines is 2. The van der Waals surface area contributed by atoms with Gasteiger partial charge in [0.15, 0.2) is 0 Å². The lowest BCUT2D eigenvalue weighted by Crippen LogP contribution is -2.36. The van der Waals surface area contributed by atoms with Crippen molar-refractivity contribution in [1.29, 1.82) is 0 Å². The highest BCUT2D eigenvalue weighted by Gasteiger charge is 2.15. The van der Waals surface area contributed by atoms with E-state index < -0.39 is 0 Å². The molecule has 1 aliphatic rings. The smallest absolute Gasteiger partial charge is 0.145 e. The van der Waals surface area contributed by atoms with Gasteiger partial charge in [-0.05, 0) is 12.1 Å². The lowest BCUT2D eigenvalue weighted by Gasteiger charge is -2.29. The number of benzene rings is 1. The van der Waals surface area contributed by atoms with Crippen LogP contribution in [0.4, 0.5) is 11.5 Å². The van der Waals surface area contributed by atoms with E-state index in [1.54, 1.807) is 6.07 Å². The highest BCUT2D eigenvalue weighted by atomic mass is 35.5. The van der Waals surface area contributed by atoms with Crippen molar-refractivity contribution in [3.05, 3.63) is 29.3 Å². The molecule has 5 nitrogen and oxygen atoms in total. The molecule has 1 aromatic heterocycles. The summed E-state index contributed by atoms with van der Waals surface area (Å²) in [7, 11) is 0. The van der Waals surface area contributed by atoms with Gasteiger partial charge in [0, 0.05) is 24.7 Å². The van der Waals surface area contributed by atoms with Crippen molar-refractivity contribution < 1.29 is 4.74 Å². The molecule has 1 aliphatic heterocycles. The minimum atomic E-state index is 0.475. The molecule has 0 unspecified atom stereocenters. The first-order valence-corrected chi connectivity index (χ1v) is 6.55. The van der Waals surface area contributed by atoms with Crippen molar-refractivity contribution in [3.63, 3.8) is 0 Å². The summed E-state index contributed by atoms with van der Waals surface area (Å²) in [5, 5.41) is 7.53. The fourth-order valence-electron chi connectivity index (χ4n) is 2.22. The number of nitrogen functional groups attached to an aromatic ring is 1. The van der Waals surface area contributed by atoms with E-state index in [4.69, 9.17) is 22.1 Å². The molecule has 0 atom stereocenters. The van der Waals surface area contributed by atoms with Gasteiger partial charge in [0.25, 0.3) is 0 Å². The summed E-state index contributed by atoms with van der Waals surface area (Å²) in [4.78, 5) is 2.23. The monoisotopic (exact) mass is 278 g/mol. The van der Waals surface area contributed by atoms with Crippen LogP contribution in [0.25, 0.3) is 11.3 Å². The Balaban J connectivity index is 1.89. The molecule has 6 heteroatoms. The number of aromatic nitrogens is 2. The van der Waals surface area contributed by atoms with E-state index >= 15 is 0 Å². The van der Waals surface area contributed by atoms with Crippen LogP contribution in [0.2, 0.25) is 5.02 Å². The zero-order valence-electron chi connectivity index (χ0n) is 10.4. The molecule has 1 fully saturated rings. The standard InChI is InChI=1S/C13H15ClN4O/c14-10-7-9(11-8-13(15)17-16-11)1-2-12(10)18-3-5-19-6-4-18/h1-2,7-8H,3-6H2,(H3,15,16,17). The average Bonchev–Trinajstić information content (AvgIpc) is 2.86. The Hall–Kier alpha value is -1.72. The molecule has 1 saturated heterocycles. The highest BCUT2D eigenvalue weighted by molar-refractivity contribution is 6.33. The van der Waals surface area contributed by atoms with Gasteiger partial charge in [-0.1, -0.05) is 17.7 Å². The van der Waals surface area contributed by atoms with E-state index in [2.05, 4.69) is 15.1 Å². The maximum atomic E-state index is 6.37. The number of hydrogen-bond acceptors (Lipinski definition) is 4. The van der Waals surface area contributed by atoms with Crippen LogP contribution in [-0.2, 0) is 4.74 Å². The number of H-pyrrole nitrogens is 1. The largest absolute Gasteiger partial charge is 0.382 e. The Morgan fingerprint density at radius 1 is 1.26 bits per heavy atom. The molecule has 2 heterocycles. The third kappa shape index (κ3) is 2.52. The third-order valence-electron chi connectivity index (χ3n) is 3.21. The fraction of sp³-hybridized carbons (Fsp3) is 0.308. The molecule has 0 spiro atoms. The first kappa shape index (κ1) is 12.3. The van der Waals surface area contributed by atoms with Gasteiger partial charge in [-0.15, -0.1) is 0 Å². The first-order valence-electron chi connectivity index (χ1n) is 6.17. The predicted molar refractivity (Wildman–Crippen MR) is 76.5 cm³/mol. The van der Waals surface area contributed by atoms with Gasteiger partial charge in [-0.25, -0.2) is 0 Å². The minimum absolute atomic E-state index is 0.475. The van der Waals surface area contributed by atoms with Gasteiger partial charge < -0.3 is 15.4 Å². The lowest BCUT2D eigenvalue weighted by molar-refractivity contribution is 0.122. The summed E-state index contributed by atoms with van der Waals surface area (Å²) in [6.45, 7) is 3.23. The van der Waals surface area contributed by atoms with Crippen molar-refractivity contribution >= 4 is 23.1 Å². The maximum absolute atomic E-state index is 6.37. The summed E-state index contributed by atoms with van der Waals surface area (Å²) in [6, 6.07) is 7.77. The van der Waals surface area contributed by atoms with Crippen LogP contribution in [-0.4, -0.2) is 36.5 Å². The van der Waals surface area contributed by atoms with E-state index in [-0.39, 0.29) is 0 Å². The van der Waals surface area contributed by atoms with E-state index in [0.717, 1.165) is 48.3 Å². The van der Waals surface area contributed by atoms with Gasteiger partial charge in [0.1, 0.15) is 5.82 Å². The predicted octanol–water partition coefficient (Wildman–Crippen LogP) is 2.15. The summed E-state index contributed by atoms with van der Waals surface area (Å²) < 4.78 is 5.34. The topological polar surface area (TPSA) is 67.2 Å². The lowest BCUT2D eigenvalue weighted by atomic mass is 10.1. The van der Waals surface area contributed by atoms with Crippen LogP contribution in [0.5, 0.6) is 0 Å². The first-order chi connectivity index (χ1) is 9.24. The van der Waals surface area contributed by atoms with Gasteiger partial charge in [0.05, 0.1) is 29.6 Å². The Labute approximate surface area is 116 Å². The van der Waals surface area contributed by atoms with Crippen molar-refractivity contribution in [2.45, 2.75) is 0 Å². The molecule has 0 amide bonds. The second kappa shape index (κ2) is 5.11. The number of aromatic amines is 1. The van der Waals surface area contributed by atoms with Gasteiger partial charge in [-0.2, -0.15) is 5.10 Å². The molecule has 100 valence electrons. The number of morpholine rings is 1. The second-order valence-electron chi connectivity index (χ2n) is 4.47. The SMILES string of the molecule is Nc1cc(-c2ccc(N3CCOCC3)c(Cl)c2)[nH]n1. The van der Waals surface area contributed by atoms with Crippen LogP contribution in [0.15, 0.2) is 24.3 Å². The molecular formula is C13H15ClN4O. The zero-order valence-corrected chi connectivity index (χ0v) is 11.2.